The fourth-order valence-electron chi connectivity index (χ4n) is 4.54. The summed E-state index contributed by atoms with van der Waals surface area (Å²) < 4.78 is 21.6. The van der Waals surface area contributed by atoms with Crippen molar-refractivity contribution in [1.29, 1.82) is 0 Å². The average molecular weight is 474 g/mol. The van der Waals surface area contributed by atoms with E-state index in [1.165, 1.54) is 16.8 Å². The van der Waals surface area contributed by atoms with E-state index in [0.29, 0.717) is 4.43 Å². The third-order valence-electron chi connectivity index (χ3n) is 5.86. The molecule has 1 aromatic rings. The van der Waals surface area contributed by atoms with E-state index in [1.54, 1.807) is 0 Å². The first kappa shape index (κ1) is 18.4. The molecule has 26 heavy (non-hydrogen) atoms. The number of aromatic nitrogens is 2. The Morgan fingerprint density at radius 2 is 2.19 bits per heavy atom. The van der Waals surface area contributed by atoms with Crippen molar-refractivity contribution in [2.75, 3.05) is 4.43 Å². The van der Waals surface area contributed by atoms with Crippen LogP contribution in [0.25, 0.3) is 0 Å². The van der Waals surface area contributed by atoms with E-state index >= 15 is 0 Å². The van der Waals surface area contributed by atoms with Crippen LogP contribution in [0.3, 0.4) is 0 Å². The number of alkyl halides is 1. The Morgan fingerprint density at radius 3 is 2.81 bits per heavy atom. The summed E-state index contributed by atoms with van der Waals surface area (Å²) in [5.41, 5.74) is -1.81. The molecule has 0 bridgehead atoms. The van der Waals surface area contributed by atoms with E-state index in [0.717, 1.165) is 25.7 Å². The van der Waals surface area contributed by atoms with Gasteiger partial charge in [-0.3, -0.25) is 14.3 Å². The minimum absolute atomic E-state index is 0.107. The number of ether oxygens (including phenoxy) is 3. The second kappa shape index (κ2) is 6.57. The SMILES string of the molecule is C=CC(C)[C@@]12OC3(CCCC3)O[C@@H]1[C@@H](CI)O[C@H]2n1ccc(=O)[nH]c1=O. The monoisotopic (exact) mass is 474 g/mol. The summed E-state index contributed by atoms with van der Waals surface area (Å²) >= 11 is 2.27. The lowest BCUT2D eigenvalue weighted by Crippen LogP contribution is -2.52. The summed E-state index contributed by atoms with van der Waals surface area (Å²) in [5, 5.41) is 0. The van der Waals surface area contributed by atoms with Crippen molar-refractivity contribution in [1.82, 2.24) is 9.55 Å². The Bertz CT molecular complexity index is 814. The predicted octanol–water partition coefficient (Wildman–Crippen LogP) is 2.12. The smallest absolute Gasteiger partial charge is 0.330 e. The molecule has 142 valence electrons. The van der Waals surface area contributed by atoms with E-state index < -0.39 is 28.9 Å². The van der Waals surface area contributed by atoms with Crippen LogP contribution in [0.2, 0.25) is 0 Å². The Hall–Kier alpha value is -0.970. The van der Waals surface area contributed by atoms with Crippen molar-refractivity contribution in [3.63, 3.8) is 0 Å². The molecule has 1 N–H and O–H groups in total. The highest BCUT2D eigenvalue weighted by atomic mass is 127. The third-order valence-corrected chi connectivity index (χ3v) is 6.73. The highest BCUT2D eigenvalue weighted by Gasteiger charge is 2.70. The van der Waals surface area contributed by atoms with Gasteiger partial charge in [0.25, 0.3) is 5.56 Å². The first-order chi connectivity index (χ1) is 12.5. The molecule has 3 aliphatic rings. The van der Waals surface area contributed by atoms with Gasteiger partial charge in [0.1, 0.15) is 6.10 Å². The minimum atomic E-state index is -0.857. The van der Waals surface area contributed by atoms with Crippen molar-refractivity contribution >= 4 is 22.6 Å². The summed E-state index contributed by atoms with van der Waals surface area (Å²) in [6.07, 6.45) is 5.91. The number of nitrogens with one attached hydrogen (secondary N) is 1. The second-order valence-corrected chi connectivity index (χ2v) is 8.22. The molecule has 0 aromatic carbocycles. The first-order valence-electron chi connectivity index (χ1n) is 8.99. The molecule has 4 rings (SSSR count). The number of fused-ring (bicyclic) bond motifs is 1. The van der Waals surface area contributed by atoms with Crippen molar-refractivity contribution in [2.24, 2.45) is 5.92 Å². The third kappa shape index (κ3) is 2.56. The molecule has 1 aromatic heterocycles. The summed E-state index contributed by atoms with van der Waals surface area (Å²) in [5.74, 6) is -0.718. The molecule has 0 amide bonds. The van der Waals surface area contributed by atoms with Gasteiger partial charge in [-0.15, -0.1) is 6.58 Å². The molecule has 7 nitrogen and oxygen atoms in total. The Balaban J connectivity index is 1.86. The quantitative estimate of drug-likeness (QED) is 0.411. The van der Waals surface area contributed by atoms with Gasteiger partial charge in [-0.2, -0.15) is 0 Å². The molecule has 1 saturated carbocycles. The topological polar surface area (TPSA) is 82.6 Å². The molecule has 1 aliphatic carbocycles. The van der Waals surface area contributed by atoms with Crippen molar-refractivity contribution in [2.45, 2.75) is 62.4 Å². The van der Waals surface area contributed by atoms with Crippen LogP contribution >= 0.6 is 22.6 Å². The predicted molar refractivity (Wildman–Crippen MR) is 103 cm³/mol. The number of aromatic amines is 1. The molecule has 0 radical (unpaired) electrons. The highest BCUT2D eigenvalue weighted by Crippen LogP contribution is 2.58. The average Bonchev–Trinajstić information content (AvgIpc) is 3.29. The Morgan fingerprint density at radius 1 is 1.46 bits per heavy atom. The summed E-state index contributed by atoms with van der Waals surface area (Å²) in [7, 11) is 0. The van der Waals surface area contributed by atoms with Gasteiger partial charge in [-0.25, -0.2) is 4.79 Å². The van der Waals surface area contributed by atoms with Gasteiger partial charge < -0.3 is 14.2 Å². The molecular formula is C18H23IN2O5. The maximum atomic E-state index is 12.5. The number of hydrogen-bond acceptors (Lipinski definition) is 5. The van der Waals surface area contributed by atoms with Gasteiger partial charge >= 0.3 is 5.69 Å². The molecular weight excluding hydrogens is 451 g/mol. The van der Waals surface area contributed by atoms with E-state index in [9.17, 15) is 9.59 Å². The van der Waals surface area contributed by atoms with Gasteiger partial charge in [0.15, 0.2) is 17.6 Å². The number of rotatable bonds is 4. The van der Waals surface area contributed by atoms with E-state index in [1.807, 2.05) is 13.0 Å². The van der Waals surface area contributed by atoms with Crippen molar-refractivity contribution in [3.8, 4) is 0 Å². The van der Waals surface area contributed by atoms with Gasteiger partial charge in [0.05, 0.1) is 6.10 Å². The van der Waals surface area contributed by atoms with Crippen LogP contribution in [0.1, 0.15) is 38.8 Å². The lowest BCUT2D eigenvalue weighted by atomic mass is 9.82. The molecule has 3 heterocycles. The van der Waals surface area contributed by atoms with Crippen LogP contribution in [-0.4, -0.2) is 37.6 Å². The van der Waals surface area contributed by atoms with Crippen molar-refractivity contribution < 1.29 is 14.2 Å². The van der Waals surface area contributed by atoms with Crippen LogP contribution < -0.4 is 11.2 Å². The maximum absolute atomic E-state index is 12.5. The molecule has 2 saturated heterocycles. The van der Waals surface area contributed by atoms with E-state index in [-0.39, 0.29) is 18.1 Å². The molecule has 3 fully saturated rings. The largest absolute Gasteiger partial charge is 0.348 e. The Kier molecular flexibility index (Phi) is 4.65. The lowest BCUT2D eigenvalue weighted by molar-refractivity contribution is -0.238. The zero-order valence-corrected chi connectivity index (χ0v) is 16.8. The summed E-state index contributed by atoms with van der Waals surface area (Å²) in [4.78, 5) is 26.3. The number of H-pyrrole nitrogens is 1. The minimum Gasteiger partial charge on any atom is -0.348 e. The molecule has 2 aliphatic heterocycles. The van der Waals surface area contributed by atoms with Crippen LogP contribution in [0, 0.1) is 5.92 Å². The van der Waals surface area contributed by atoms with Gasteiger partial charge in [-0.1, -0.05) is 35.6 Å². The normalized spacial score (nSPS) is 36.3. The van der Waals surface area contributed by atoms with Gasteiger partial charge in [0.2, 0.25) is 0 Å². The standard InChI is InChI=1S/C18H23IN2O5/c1-3-11(2)18-14(25-17(26-18)7-4-5-8-17)12(10-19)24-15(18)21-9-6-13(22)20-16(21)23/h3,6,9,11-12,14-15H,1,4-5,7-8,10H2,2H3,(H,20,22,23)/t11?,12-,14-,15-,18-/m1/s1. The fraction of sp³-hybridized carbons (Fsp3) is 0.667. The van der Waals surface area contributed by atoms with E-state index in [2.05, 4.69) is 34.2 Å². The molecule has 8 heteroatoms. The first-order valence-corrected chi connectivity index (χ1v) is 10.5. The molecule has 1 spiro atoms. The van der Waals surface area contributed by atoms with Crippen LogP contribution in [0.5, 0.6) is 0 Å². The van der Waals surface area contributed by atoms with Crippen molar-refractivity contribution in [3.05, 3.63) is 45.8 Å². The van der Waals surface area contributed by atoms with Crippen LogP contribution in [0.4, 0.5) is 0 Å². The molecule has 5 atom stereocenters. The van der Waals surface area contributed by atoms with Gasteiger partial charge in [0, 0.05) is 35.5 Å². The van der Waals surface area contributed by atoms with Gasteiger partial charge in [-0.05, 0) is 12.8 Å². The summed E-state index contributed by atoms with van der Waals surface area (Å²) in [6, 6.07) is 1.32. The Labute approximate surface area is 164 Å². The zero-order valence-electron chi connectivity index (χ0n) is 14.7. The lowest BCUT2D eigenvalue weighted by Gasteiger charge is -2.37. The highest BCUT2D eigenvalue weighted by molar-refractivity contribution is 14.1. The molecule has 1 unspecified atom stereocenters. The number of halogens is 1. The fourth-order valence-corrected chi connectivity index (χ4v) is 5.20. The second-order valence-electron chi connectivity index (χ2n) is 7.33. The summed E-state index contributed by atoms with van der Waals surface area (Å²) in [6.45, 7) is 5.97. The van der Waals surface area contributed by atoms with E-state index in [4.69, 9.17) is 14.2 Å². The number of hydrogen-bond donors (Lipinski definition) is 1. The van der Waals surface area contributed by atoms with Crippen LogP contribution in [-0.2, 0) is 14.2 Å². The maximum Gasteiger partial charge on any atom is 0.330 e. The van der Waals surface area contributed by atoms with Crippen LogP contribution in [0.15, 0.2) is 34.5 Å². The number of nitrogens with zero attached hydrogens (tertiary/aromatic N) is 1. The zero-order chi connectivity index (χ0) is 18.5.